The number of ether oxygens (including phenoxy) is 1. The minimum absolute atomic E-state index is 0.239. The number of aliphatic hydroxyl groups is 1. The lowest BCUT2D eigenvalue weighted by atomic mass is 10.1. The number of hydrogen-bond donors (Lipinski definition) is 2. The first-order valence-corrected chi connectivity index (χ1v) is 6.35. The fraction of sp³-hybridized carbons (Fsp3) is 0.500. The summed E-state index contributed by atoms with van der Waals surface area (Å²) >= 11 is 1.82. The van der Waals surface area contributed by atoms with Gasteiger partial charge in [0.15, 0.2) is 0 Å². The molecule has 3 nitrogen and oxygen atoms in total. The molecule has 1 aromatic carbocycles. The van der Waals surface area contributed by atoms with Crippen LogP contribution < -0.4 is 10.1 Å². The molecule has 2 rings (SSSR count). The zero-order valence-corrected chi connectivity index (χ0v) is 10.4. The van der Waals surface area contributed by atoms with Crippen molar-refractivity contribution in [2.24, 2.45) is 0 Å². The van der Waals surface area contributed by atoms with Gasteiger partial charge in [-0.25, -0.2) is 0 Å². The van der Waals surface area contributed by atoms with E-state index in [1.807, 2.05) is 23.9 Å². The van der Waals surface area contributed by atoms with Crippen molar-refractivity contribution >= 4 is 17.4 Å². The molecule has 0 saturated heterocycles. The Hall–Kier alpha value is -0.870. The summed E-state index contributed by atoms with van der Waals surface area (Å²) in [5.74, 6) is 0.888. The maximum Gasteiger partial charge on any atom is 0.143 e. The number of aliphatic hydroxyl groups excluding tert-OH is 1. The minimum atomic E-state index is 0.239. The molecule has 0 saturated carbocycles. The molecule has 0 aliphatic carbocycles. The molecule has 1 heterocycles. The van der Waals surface area contributed by atoms with E-state index in [4.69, 9.17) is 9.84 Å². The smallest absolute Gasteiger partial charge is 0.143 e. The van der Waals surface area contributed by atoms with Gasteiger partial charge in [0.25, 0.3) is 0 Å². The first-order chi connectivity index (χ1) is 7.76. The normalized spacial score (nSPS) is 23.4. The summed E-state index contributed by atoms with van der Waals surface area (Å²) in [7, 11) is 1.69. The van der Waals surface area contributed by atoms with Crippen LogP contribution in [0.4, 0.5) is 5.69 Å². The van der Waals surface area contributed by atoms with Crippen LogP contribution in [0.1, 0.15) is 13.3 Å². The highest BCUT2D eigenvalue weighted by Gasteiger charge is 2.26. The van der Waals surface area contributed by atoms with Gasteiger partial charge in [-0.1, -0.05) is 6.07 Å². The van der Waals surface area contributed by atoms with Crippen molar-refractivity contribution < 1.29 is 9.84 Å². The van der Waals surface area contributed by atoms with Gasteiger partial charge in [-0.15, -0.1) is 11.8 Å². The van der Waals surface area contributed by atoms with Gasteiger partial charge < -0.3 is 15.2 Å². The fourth-order valence-corrected chi connectivity index (χ4v) is 3.20. The lowest BCUT2D eigenvalue weighted by Gasteiger charge is -2.32. The van der Waals surface area contributed by atoms with Crippen LogP contribution >= 0.6 is 11.8 Å². The van der Waals surface area contributed by atoms with Gasteiger partial charge in [0.2, 0.25) is 0 Å². The Kier molecular flexibility index (Phi) is 3.61. The topological polar surface area (TPSA) is 41.5 Å². The third-order valence-corrected chi connectivity index (χ3v) is 4.37. The van der Waals surface area contributed by atoms with E-state index in [1.165, 1.54) is 4.90 Å². The van der Waals surface area contributed by atoms with Gasteiger partial charge in [0.05, 0.1) is 12.8 Å². The average Bonchev–Trinajstić information content (AvgIpc) is 2.30. The molecule has 0 radical (unpaired) electrons. The highest BCUT2D eigenvalue weighted by molar-refractivity contribution is 8.00. The van der Waals surface area contributed by atoms with E-state index in [0.29, 0.717) is 11.3 Å². The monoisotopic (exact) mass is 239 g/mol. The standard InChI is InChI=1S/C12H17NO2S/c1-8-10(6-7-14)16-11-5-3-4-9(15-2)12(11)13-8/h3-5,8,10,13-14H,6-7H2,1-2H3. The van der Waals surface area contributed by atoms with Crippen molar-refractivity contribution in [2.75, 3.05) is 19.0 Å². The Morgan fingerprint density at radius 2 is 2.31 bits per heavy atom. The summed E-state index contributed by atoms with van der Waals surface area (Å²) in [4.78, 5) is 1.20. The molecule has 88 valence electrons. The van der Waals surface area contributed by atoms with Crippen LogP contribution in [-0.4, -0.2) is 30.1 Å². The zero-order chi connectivity index (χ0) is 11.5. The molecule has 16 heavy (non-hydrogen) atoms. The van der Waals surface area contributed by atoms with Crippen molar-refractivity contribution in [3.63, 3.8) is 0 Å². The highest BCUT2D eigenvalue weighted by Crippen LogP contribution is 2.43. The van der Waals surface area contributed by atoms with Gasteiger partial charge >= 0.3 is 0 Å². The lowest BCUT2D eigenvalue weighted by Crippen LogP contribution is -2.32. The first-order valence-electron chi connectivity index (χ1n) is 5.47. The molecule has 1 aromatic rings. The number of anilines is 1. The van der Waals surface area contributed by atoms with E-state index in [2.05, 4.69) is 18.3 Å². The number of hydrogen-bond acceptors (Lipinski definition) is 4. The molecule has 2 unspecified atom stereocenters. The van der Waals surface area contributed by atoms with Crippen molar-refractivity contribution in [2.45, 2.75) is 29.5 Å². The van der Waals surface area contributed by atoms with Gasteiger partial charge in [-0.3, -0.25) is 0 Å². The van der Waals surface area contributed by atoms with Gasteiger partial charge in [-0.05, 0) is 25.5 Å². The lowest BCUT2D eigenvalue weighted by molar-refractivity contribution is 0.284. The van der Waals surface area contributed by atoms with Crippen molar-refractivity contribution in [1.29, 1.82) is 0 Å². The summed E-state index contributed by atoms with van der Waals surface area (Å²) in [5, 5.41) is 12.9. The predicted octanol–water partition coefficient (Wildman–Crippen LogP) is 2.35. The maximum absolute atomic E-state index is 9.02. The Bertz CT molecular complexity index is 370. The number of nitrogens with one attached hydrogen (secondary N) is 1. The third kappa shape index (κ3) is 2.13. The largest absolute Gasteiger partial charge is 0.495 e. The highest BCUT2D eigenvalue weighted by atomic mass is 32.2. The van der Waals surface area contributed by atoms with E-state index in [1.54, 1.807) is 7.11 Å². The molecule has 0 bridgehead atoms. The second-order valence-electron chi connectivity index (χ2n) is 3.94. The summed E-state index contributed by atoms with van der Waals surface area (Å²) in [5.41, 5.74) is 1.08. The number of thioether (sulfide) groups is 1. The summed E-state index contributed by atoms with van der Waals surface area (Å²) in [6.07, 6.45) is 0.815. The summed E-state index contributed by atoms with van der Waals surface area (Å²) in [6.45, 7) is 2.38. The summed E-state index contributed by atoms with van der Waals surface area (Å²) in [6, 6.07) is 6.40. The van der Waals surface area contributed by atoms with Gasteiger partial charge in [-0.2, -0.15) is 0 Å². The minimum Gasteiger partial charge on any atom is -0.495 e. The van der Waals surface area contributed by atoms with E-state index in [0.717, 1.165) is 17.9 Å². The zero-order valence-electron chi connectivity index (χ0n) is 9.56. The third-order valence-electron chi connectivity index (χ3n) is 2.83. The predicted molar refractivity (Wildman–Crippen MR) is 67.4 cm³/mol. The van der Waals surface area contributed by atoms with Crippen LogP contribution in [-0.2, 0) is 0 Å². The number of rotatable bonds is 3. The molecular formula is C12H17NO2S. The molecule has 0 fully saturated rings. The molecule has 0 spiro atoms. The molecule has 1 aliphatic rings. The summed E-state index contributed by atoms with van der Waals surface area (Å²) < 4.78 is 5.33. The van der Waals surface area contributed by atoms with E-state index < -0.39 is 0 Å². The van der Waals surface area contributed by atoms with E-state index in [-0.39, 0.29) is 6.61 Å². The SMILES string of the molecule is COc1cccc2c1NC(C)C(CCO)S2. The maximum atomic E-state index is 9.02. The van der Waals surface area contributed by atoms with Crippen LogP contribution in [0.15, 0.2) is 23.1 Å². The van der Waals surface area contributed by atoms with Crippen LogP contribution in [0.5, 0.6) is 5.75 Å². The Morgan fingerprint density at radius 1 is 1.50 bits per heavy atom. The fourth-order valence-electron chi connectivity index (χ4n) is 1.94. The molecule has 2 atom stereocenters. The second kappa shape index (κ2) is 4.97. The van der Waals surface area contributed by atoms with E-state index in [9.17, 15) is 0 Å². The number of methoxy groups -OCH3 is 1. The molecule has 0 aromatic heterocycles. The molecule has 4 heteroatoms. The Balaban J connectivity index is 2.27. The van der Waals surface area contributed by atoms with Crippen LogP contribution in [0, 0.1) is 0 Å². The molecular weight excluding hydrogens is 222 g/mol. The number of benzene rings is 1. The van der Waals surface area contributed by atoms with Crippen molar-refractivity contribution in [1.82, 2.24) is 0 Å². The van der Waals surface area contributed by atoms with Crippen molar-refractivity contribution in [3.8, 4) is 5.75 Å². The van der Waals surface area contributed by atoms with Gasteiger partial charge in [0.1, 0.15) is 5.75 Å². The number of para-hydroxylation sites is 1. The first kappa shape index (κ1) is 11.6. The van der Waals surface area contributed by atoms with E-state index >= 15 is 0 Å². The van der Waals surface area contributed by atoms with Crippen LogP contribution in [0.25, 0.3) is 0 Å². The second-order valence-corrected chi connectivity index (χ2v) is 5.22. The average molecular weight is 239 g/mol. The number of fused-ring (bicyclic) bond motifs is 1. The Morgan fingerprint density at radius 3 is 3.00 bits per heavy atom. The van der Waals surface area contributed by atoms with Crippen LogP contribution in [0.2, 0.25) is 0 Å². The Labute approximate surface area is 100 Å². The molecule has 2 N–H and O–H groups in total. The van der Waals surface area contributed by atoms with Gasteiger partial charge in [0, 0.05) is 22.8 Å². The molecule has 1 aliphatic heterocycles. The van der Waals surface area contributed by atoms with Crippen molar-refractivity contribution in [3.05, 3.63) is 18.2 Å². The van der Waals surface area contributed by atoms with Crippen LogP contribution in [0.3, 0.4) is 0 Å². The molecule has 0 amide bonds. The quantitative estimate of drug-likeness (QED) is 0.849.